The number of rotatable bonds is 9. The van der Waals surface area contributed by atoms with Crippen LogP contribution in [0.3, 0.4) is 0 Å². The summed E-state index contributed by atoms with van der Waals surface area (Å²) in [7, 11) is 0. The monoisotopic (exact) mass is 275 g/mol. The average molecular weight is 275 g/mol. The Balaban J connectivity index is 2.01. The summed E-state index contributed by atoms with van der Waals surface area (Å²) in [6.07, 6.45) is 0.199. The van der Waals surface area contributed by atoms with Crippen molar-refractivity contribution < 1.29 is 19.7 Å². The molecule has 3 unspecified atom stereocenters. The molecule has 1 fully saturated rings. The van der Waals surface area contributed by atoms with Gasteiger partial charge in [0.25, 0.3) is 0 Å². The van der Waals surface area contributed by atoms with E-state index in [1.54, 1.807) is 0 Å². The van der Waals surface area contributed by atoms with Crippen LogP contribution in [-0.4, -0.2) is 60.9 Å². The van der Waals surface area contributed by atoms with E-state index in [9.17, 15) is 10.2 Å². The minimum atomic E-state index is -0.521. The summed E-state index contributed by atoms with van der Waals surface area (Å²) in [5.74, 6) is 0. The Bertz CT molecular complexity index is 258. The van der Waals surface area contributed by atoms with Crippen molar-refractivity contribution in [3.8, 4) is 0 Å². The zero-order valence-corrected chi connectivity index (χ0v) is 12.6. The lowest BCUT2D eigenvalue weighted by Crippen LogP contribution is -2.61. The Morgan fingerprint density at radius 1 is 1.32 bits per heavy atom. The second-order valence-electron chi connectivity index (χ2n) is 6.18. The highest BCUT2D eigenvalue weighted by atomic mass is 16.5. The van der Waals surface area contributed by atoms with Crippen molar-refractivity contribution in [2.45, 2.75) is 58.5 Å². The van der Waals surface area contributed by atoms with Crippen LogP contribution in [0.25, 0.3) is 0 Å². The quantitative estimate of drug-likeness (QED) is 0.536. The Morgan fingerprint density at radius 2 is 2.00 bits per heavy atom. The van der Waals surface area contributed by atoms with Crippen molar-refractivity contribution in [2.24, 2.45) is 5.41 Å². The van der Waals surface area contributed by atoms with Crippen molar-refractivity contribution >= 4 is 0 Å². The molecule has 5 nitrogen and oxygen atoms in total. The van der Waals surface area contributed by atoms with Gasteiger partial charge in [0.05, 0.1) is 38.1 Å². The van der Waals surface area contributed by atoms with E-state index in [0.29, 0.717) is 26.4 Å². The number of hydrogen-bond donors (Lipinski definition) is 3. The van der Waals surface area contributed by atoms with Crippen LogP contribution in [0.15, 0.2) is 0 Å². The Morgan fingerprint density at radius 3 is 2.53 bits per heavy atom. The summed E-state index contributed by atoms with van der Waals surface area (Å²) >= 11 is 0. The second-order valence-corrected chi connectivity index (χ2v) is 6.18. The second kappa shape index (κ2) is 7.55. The van der Waals surface area contributed by atoms with Crippen LogP contribution in [0.5, 0.6) is 0 Å². The molecule has 0 aliphatic heterocycles. The summed E-state index contributed by atoms with van der Waals surface area (Å²) in [6.45, 7) is 9.88. The predicted molar refractivity (Wildman–Crippen MR) is 74.1 cm³/mol. The summed E-state index contributed by atoms with van der Waals surface area (Å²) in [4.78, 5) is 0. The van der Waals surface area contributed by atoms with E-state index in [1.165, 1.54) is 0 Å². The first kappa shape index (κ1) is 16.9. The smallest absolute Gasteiger partial charge is 0.0897 e. The summed E-state index contributed by atoms with van der Waals surface area (Å²) in [5, 5.41) is 22.7. The van der Waals surface area contributed by atoms with Gasteiger partial charge in [0, 0.05) is 18.0 Å². The minimum absolute atomic E-state index is 0.105. The van der Waals surface area contributed by atoms with Crippen LogP contribution in [-0.2, 0) is 9.47 Å². The molecule has 5 heteroatoms. The summed E-state index contributed by atoms with van der Waals surface area (Å²) in [5.41, 5.74) is -0.105. The molecule has 1 saturated carbocycles. The highest BCUT2D eigenvalue weighted by Gasteiger charge is 2.46. The first-order valence-electron chi connectivity index (χ1n) is 7.13. The first-order chi connectivity index (χ1) is 8.84. The topological polar surface area (TPSA) is 71.0 Å². The third-order valence-corrected chi connectivity index (χ3v) is 3.80. The third kappa shape index (κ3) is 5.36. The molecular formula is C14H29NO4. The molecule has 3 atom stereocenters. The van der Waals surface area contributed by atoms with Crippen LogP contribution >= 0.6 is 0 Å². The SMILES string of the molecule is CC(C)OCCOCC(O)CNC1CC(O)C1(C)C. The van der Waals surface area contributed by atoms with Crippen molar-refractivity contribution in [3.05, 3.63) is 0 Å². The van der Waals surface area contributed by atoms with Gasteiger partial charge in [0.2, 0.25) is 0 Å². The lowest BCUT2D eigenvalue weighted by Gasteiger charge is -2.49. The van der Waals surface area contributed by atoms with Gasteiger partial charge in [-0.1, -0.05) is 13.8 Å². The van der Waals surface area contributed by atoms with Crippen LogP contribution in [0.1, 0.15) is 34.1 Å². The number of nitrogens with one attached hydrogen (secondary N) is 1. The number of ether oxygens (including phenoxy) is 2. The molecular weight excluding hydrogens is 246 g/mol. The van der Waals surface area contributed by atoms with Gasteiger partial charge in [-0.25, -0.2) is 0 Å². The maximum absolute atomic E-state index is 9.77. The molecule has 0 spiro atoms. The Kier molecular flexibility index (Phi) is 6.69. The predicted octanol–water partition coefficient (Wildman–Crippen LogP) is 0.538. The van der Waals surface area contributed by atoms with Crippen molar-refractivity contribution in [1.29, 1.82) is 0 Å². The molecule has 0 aromatic heterocycles. The van der Waals surface area contributed by atoms with Gasteiger partial charge in [-0.05, 0) is 20.3 Å². The molecule has 1 aliphatic carbocycles. The van der Waals surface area contributed by atoms with E-state index in [1.807, 2.05) is 27.7 Å². The maximum Gasteiger partial charge on any atom is 0.0897 e. The fraction of sp³-hybridized carbons (Fsp3) is 1.00. The molecule has 0 saturated heterocycles. The molecule has 0 bridgehead atoms. The normalized spacial score (nSPS) is 27.3. The molecule has 1 aliphatic rings. The van der Waals surface area contributed by atoms with Crippen LogP contribution < -0.4 is 5.32 Å². The van der Waals surface area contributed by atoms with Gasteiger partial charge < -0.3 is 25.0 Å². The minimum Gasteiger partial charge on any atom is -0.392 e. The van der Waals surface area contributed by atoms with E-state index < -0.39 is 6.10 Å². The molecule has 114 valence electrons. The van der Waals surface area contributed by atoms with Crippen LogP contribution in [0, 0.1) is 5.41 Å². The van der Waals surface area contributed by atoms with E-state index in [2.05, 4.69) is 5.32 Å². The van der Waals surface area contributed by atoms with E-state index in [0.717, 1.165) is 6.42 Å². The molecule has 19 heavy (non-hydrogen) atoms. The molecule has 1 rings (SSSR count). The fourth-order valence-electron chi connectivity index (χ4n) is 2.15. The average Bonchev–Trinajstić information content (AvgIpc) is 2.33. The van der Waals surface area contributed by atoms with Gasteiger partial charge in [-0.15, -0.1) is 0 Å². The van der Waals surface area contributed by atoms with Crippen molar-refractivity contribution in [1.82, 2.24) is 5.32 Å². The zero-order chi connectivity index (χ0) is 14.5. The number of hydrogen-bond acceptors (Lipinski definition) is 5. The molecule has 3 N–H and O–H groups in total. The van der Waals surface area contributed by atoms with Gasteiger partial charge in [0.1, 0.15) is 0 Å². The largest absolute Gasteiger partial charge is 0.392 e. The van der Waals surface area contributed by atoms with Gasteiger partial charge in [-0.2, -0.15) is 0 Å². The number of aliphatic hydroxyl groups is 2. The van der Waals surface area contributed by atoms with E-state index in [4.69, 9.17) is 9.47 Å². The molecule has 0 aromatic carbocycles. The summed E-state index contributed by atoms with van der Waals surface area (Å²) < 4.78 is 10.7. The molecule has 0 aromatic rings. The first-order valence-corrected chi connectivity index (χ1v) is 7.13. The highest BCUT2D eigenvalue weighted by Crippen LogP contribution is 2.40. The van der Waals surface area contributed by atoms with Crippen molar-refractivity contribution in [3.63, 3.8) is 0 Å². The van der Waals surface area contributed by atoms with E-state index >= 15 is 0 Å². The maximum atomic E-state index is 9.77. The van der Waals surface area contributed by atoms with Gasteiger partial charge >= 0.3 is 0 Å². The van der Waals surface area contributed by atoms with Crippen LogP contribution in [0.2, 0.25) is 0 Å². The Labute approximate surface area is 116 Å². The van der Waals surface area contributed by atoms with E-state index in [-0.39, 0.29) is 23.7 Å². The molecule has 0 heterocycles. The fourth-order valence-corrected chi connectivity index (χ4v) is 2.15. The Hall–Kier alpha value is -0.200. The highest BCUT2D eigenvalue weighted by molar-refractivity contribution is 5.01. The lowest BCUT2D eigenvalue weighted by molar-refractivity contribution is -0.0773. The molecule has 0 amide bonds. The lowest BCUT2D eigenvalue weighted by atomic mass is 9.64. The standard InChI is InChI=1S/C14H29NO4/c1-10(2)19-6-5-18-9-11(16)8-15-12-7-13(17)14(12,3)4/h10-13,15-17H,5-9H2,1-4H3. The summed E-state index contributed by atoms with van der Waals surface area (Å²) in [6, 6.07) is 0.265. The third-order valence-electron chi connectivity index (χ3n) is 3.80. The van der Waals surface area contributed by atoms with Gasteiger partial charge in [-0.3, -0.25) is 0 Å². The zero-order valence-electron chi connectivity index (χ0n) is 12.6. The van der Waals surface area contributed by atoms with Crippen LogP contribution in [0.4, 0.5) is 0 Å². The van der Waals surface area contributed by atoms with Gasteiger partial charge in [0.15, 0.2) is 0 Å². The van der Waals surface area contributed by atoms with Crippen molar-refractivity contribution in [2.75, 3.05) is 26.4 Å². The number of aliphatic hydroxyl groups excluding tert-OH is 2. The molecule has 0 radical (unpaired) electrons.